The van der Waals surface area contributed by atoms with Gasteiger partial charge >= 0.3 is 11.9 Å². The number of aliphatic carboxylic acids is 2. The van der Waals surface area contributed by atoms with E-state index in [1.807, 2.05) is 21.1 Å². The normalized spacial score (nSPS) is 11.9. The number of esters is 1. The van der Waals surface area contributed by atoms with Crippen molar-refractivity contribution in [3.05, 3.63) is 0 Å². The number of aliphatic hydroxyl groups excluding tert-OH is 1. The molecule has 0 fully saturated rings. The van der Waals surface area contributed by atoms with E-state index in [4.69, 9.17) is 14.9 Å². The molecule has 0 saturated heterocycles. The van der Waals surface area contributed by atoms with Crippen molar-refractivity contribution in [1.29, 1.82) is 0 Å². The molecule has 0 aromatic heterocycles. The summed E-state index contributed by atoms with van der Waals surface area (Å²) in [6.07, 6.45) is -0.446. The van der Waals surface area contributed by atoms with Crippen LogP contribution in [0.4, 0.5) is 0 Å². The number of carboxylic acids is 2. The van der Waals surface area contributed by atoms with Crippen molar-refractivity contribution in [1.82, 2.24) is 0 Å². The highest BCUT2D eigenvalue weighted by molar-refractivity contribution is 5.68. The van der Waals surface area contributed by atoms with Gasteiger partial charge in [-0.1, -0.05) is 0 Å². The fourth-order valence-corrected chi connectivity index (χ4v) is 1.41. The van der Waals surface area contributed by atoms with Gasteiger partial charge in [0.05, 0.1) is 21.1 Å². The molecule has 0 aromatic rings. The quantitative estimate of drug-likeness (QED) is 0.418. The van der Waals surface area contributed by atoms with E-state index < -0.39 is 24.0 Å². The first-order valence-electron chi connectivity index (χ1n) is 6.48. The minimum absolute atomic E-state index is 0.0354. The Balaban J connectivity index is 0. The monoisotopic (exact) mass is 307 g/mol. The zero-order chi connectivity index (χ0) is 17.1. The van der Waals surface area contributed by atoms with Crippen molar-refractivity contribution in [3.8, 4) is 0 Å². The van der Waals surface area contributed by atoms with E-state index >= 15 is 0 Å². The highest BCUT2D eigenvalue weighted by atomic mass is 16.5. The van der Waals surface area contributed by atoms with Crippen LogP contribution in [0.25, 0.3) is 0 Å². The van der Waals surface area contributed by atoms with E-state index in [2.05, 4.69) is 0 Å². The molecule has 0 heterocycles. The predicted octanol–water partition coefficient (Wildman–Crippen LogP) is -1.39. The van der Waals surface area contributed by atoms with Crippen molar-refractivity contribution in [2.24, 2.45) is 0 Å². The molecule has 0 rings (SSSR count). The second kappa shape index (κ2) is 11.0. The lowest BCUT2D eigenvalue weighted by Crippen LogP contribution is -2.45. The number of carbonyl (C=O) groups is 3. The summed E-state index contributed by atoms with van der Waals surface area (Å²) in [4.78, 5) is 30.7. The first kappa shape index (κ1) is 21.6. The lowest BCUT2D eigenvalue weighted by atomic mass is 10.2. The summed E-state index contributed by atoms with van der Waals surface area (Å²) >= 11 is 0. The highest BCUT2D eigenvalue weighted by Crippen LogP contribution is 2.04. The zero-order valence-corrected chi connectivity index (χ0v) is 13.0. The molecule has 0 amide bonds. The first-order chi connectivity index (χ1) is 9.47. The number of nitrogens with zero attached hydrogens (tertiary/aromatic N) is 1. The van der Waals surface area contributed by atoms with Gasteiger partial charge in [0.1, 0.15) is 6.54 Å². The second-order valence-corrected chi connectivity index (χ2v) is 5.50. The van der Waals surface area contributed by atoms with Crippen LogP contribution in [0.2, 0.25) is 0 Å². The van der Waals surface area contributed by atoms with E-state index in [1.165, 1.54) is 6.92 Å². The van der Waals surface area contributed by atoms with Gasteiger partial charge in [-0.05, 0) is 6.42 Å². The van der Waals surface area contributed by atoms with Crippen LogP contribution < -0.4 is 5.11 Å². The summed E-state index contributed by atoms with van der Waals surface area (Å²) in [5, 5.41) is 26.4. The molecule has 0 aliphatic rings. The van der Waals surface area contributed by atoms with Crippen molar-refractivity contribution >= 4 is 17.9 Å². The van der Waals surface area contributed by atoms with Crippen LogP contribution >= 0.6 is 0 Å². The first-order valence-corrected chi connectivity index (χ1v) is 6.48. The Morgan fingerprint density at radius 2 is 1.76 bits per heavy atom. The largest absolute Gasteiger partial charge is 0.550 e. The second-order valence-electron chi connectivity index (χ2n) is 5.50. The number of likely N-dealkylation sites (N-methyl/N-ethyl adjacent to an activating group) is 1. The molecule has 1 atom stereocenters. The number of aliphatic hydroxyl groups is 1. The number of hydrogen-bond donors (Lipinski definition) is 2. The number of quaternary nitrogens is 1. The fraction of sp³-hybridized carbons (Fsp3) is 0.769. The molecule has 124 valence electrons. The van der Waals surface area contributed by atoms with E-state index in [0.717, 1.165) is 0 Å². The van der Waals surface area contributed by atoms with E-state index in [9.17, 15) is 19.5 Å². The summed E-state index contributed by atoms with van der Waals surface area (Å²) < 4.78 is 5.39. The molecule has 0 bridgehead atoms. The topological polar surface area (TPSA) is 124 Å². The SMILES string of the molecule is CC(=O)OC(CC(=O)[O-])C[N+](C)(C)C.O=C(O)CCCO. The molecule has 2 N–H and O–H groups in total. The molecule has 0 aliphatic heterocycles. The van der Waals surface area contributed by atoms with Gasteiger partial charge in [-0.3, -0.25) is 9.59 Å². The summed E-state index contributed by atoms with van der Waals surface area (Å²) in [6.45, 7) is 1.68. The highest BCUT2D eigenvalue weighted by Gasteiger charge is 2.20. The van der Waals surface area contributed by atoms with Gasteiger partial charge in [-0.2, -0.15) is 0 Å². The summed E-state index contributed by atoms with van der Waals surface area (Å²) in [5.74, 6) is -2.52. The molecule has 0 radical (unpaired) electrons. The molecule has 21 heavy (non-hydrogen) atoms. The molecule has 8 nitrogen and oxygen atoms in total. The fourth-order valence-electron chi connectivity index (χ4n) is 1.41. The van der Waals surface area contributed by atoms with E-state index in [0.29, 0.717) is 17.4 Å². The zero-order valence-electron chi connectivity index (χ0n) is 13.0. The predicted molar refractivity (Wildman–Crippen MR) is 72.0 cm³/mol. The Kier molecular flexibility index (Phi) is 11.4. The third-order valence-corrected chi connectivity index (χ3v) is 2.03. The number of hydrogen-bond acceptors (Lipinski definition) is 6. The average molecular weight is 307 g/mol. The Hall–Kier alpha value is -1.67. The lowest BCUT2D eigenvalue weighted by molar-refractivity contribution is -0.873. The molecule has 1 unspecified atom stereocenters. The Morgan fingerprint density at radius 1 is 1.24 bits per heavy atom. The molecule has 0 aromatic carbocycles. The average Bonchev–Trinajstić information content (AvgIpc) is 2.22. The van der Waals surface area contributed by atoms with Crippen molar-refractivity contribution < 1.29 is 38.9 Å². The third-order valence-electron chi connectivity index (χ3n) is 2.03. The Morgan fingerprint density at radius 3 is 2.00 bits per heavy atom. The molecule has 0 aliphatic carbocycles. The van der Waals surface area contributed by atoms with E-state index in [-0.39, 0.29) is 19.4 Å². The van der Waals surface area contributed by atoms with Gasteiger partial charge in [-0.25, -0.2) is 0 Å². The van der Waals surface area contributed by atoms with Gasteiger partial charge < -0.3 is 29.3 Å². The minimum atomic E-state index is -1.20. The summed E-state index contributed by atoms with van der Waals surface area (Å²) in [5.41, 5.74) is 0. The minimum Gasteiger partial charge on any atom is -0.550 e. The van der Waals surface area contributed by atoms with Gasteiger partial charge in [0.2, 0.25) is 0 Å². The van der Waals surface area contributed by atoms with Crippen molar-refractivity contribution in [2.45, 2.75) is 32.3 Å². The Labute approximate surface area is 124 Å². The maximum absolute atomic E-state index is 10.7. The molecular formula is C13H25NO7. The summed E-state index contributed by atoms with van der Waals surface area (Å²) in [7, 11) is 5.68. The van der Waals surface area contributed by atoms with Gasteiger partial charge in [0.15, 0.2) is 6.10 Å². The maximum atomic E-state index is 10.7. The number of rotatable bonds is 8. The van der Waals surface area contributed by atoms with Crippen molar-refractivity contribution in [2.75, 3.05) is 34.3 Å². The van der Waals surface area contributed by atoms with Crippen LogP contribution in [0, 0.1) is 0 Å². The number of ether oxygens (including phenoxy) is 1. The maximum Gasteiger partial charge on any atom is 0.303 e. The van der Waals surface area contributed by atoms with Crippen molar-refractivity contribution in [3.63, 3.8) is 0 Å². The van der Waals surface area contributed by atoms with Crippen LogP contribution in [0.15, 0.2) is 0 Å². The van der Waals surface area contributed by atoms with Crippen LogP contribution in [0.3, 0.4) is 0 Å². The van der Waals surface area contributed by atoms with Crippen LogP contribution in [0.5, 0.6) is 0 Å². The van der Waals surface area contributed by atoms with Crippen LogP contribution in [-0.2, 0) is 19.1 Å². The van der Waals surface area contributed by atoms with Gasteiger partial charge in [-0.15, -0.1) is 0 Å². The summed E-state index contributed by atoms with van der Waals surface area (Å²) in [6, 6.07) is 0. The van der Waals surface area contributed by atoms with Gasteiger partial charge in [0.25, 0.3) is 0 Å². The molecule has 0 saturated carbocycles. The van der Waals surface area contributed by atoms with Crippen LogP contribution in [0.1, 0.15) is 26.2 Å². The number of carbonyl (C=O) groups excluding carboxylic acids is 2. The smallest absolute Gasteiger partial charge is 0.303 e. The standard InChI is InChI=1S/C9H17NO4.C4H8O3/c1-7(11)14-8(5-9(12)13)6-10(2,3)4;5-3-1-2-4(6)7/h8H,5-6H2,1-4H3;5H,1-3H2,(H,6,7). The Bertz CT molecular complexity index is 320. The molecule has 0 spiro atoms. The number of carboxylic acid groups (broad SMARTS) is 2. The molecule has 8 heteroatoms. The van der Waals surface area contributed by atoms with Gasteiger partial charge in [0, 0.05) is 32.3 Å². The van der Waals surface area contributed by atoms with E-state index in [1.54, 1.807) is 0 Å². The molecular weight excluding hydrogens is 282 g/mol. The third kappa shape index (κ3) is 20.8. The van der Waals surface area contributed by atoms with Crippen LogP contribution in [-0.4, -0.2) is 73.0 Å². The lowest BCUT2D eigenvalue weighted by Gasteiger charge is -2.28.